The third-order valence-electron chi connectivity index (χ3n) is 6.18. The molecule has 5 heteroatoms. The van der Waals surface area contributed by atoms with Gasteiger partial charge in [-0.3, -0.25) is 4.79 Å². The fourth-order valence-electron chi connectivity index (χ4n) is 4.82. The highest BCUT2D eigenvalue weighted by molar-refractivity contribution is 7.18. The molecule has 2 heterocycles. The Balaban J connectivity index is 1.28. The Morgan fingerprint density at radius 3 is 2.89 bits per heavy atom. The number of hydrogen-bond donors (Lipinski definition) is 2. The molecule has 1 aliphatic carbocycles. The summed E-state index contributed by atoms with van der Waals surface area (Å²) in [6.07, 6.45) is 5.59. The van der Waals surface area contributed by atoms with Gasteiger partial charge >= 0.3 is 0 Å². The molecule has 0 saturated carbocycles. The highest BCUT2D eigenvalue weighted by Crippen LogP contribution is 2.30. The fourth-order valence-corrected chi connectivity index (χ4v) is 5.98. The highest BCUT2D eigenvalue weighted by atomic mass is 32.1. The predicted octanol–water partition coefficient (Wildman–Crippen LogP) is 3.21. The van der Waals surface area contributed by atoms with Crippen molar-refractivity contribution < 1.29 is 9.69 Å². The molecule has 1 aromatic heterocycles. The first-order chi connectivity index (χ1) is 13.8. The van der Waals surface area contributed by atoms with E-state index in [1.165, 1.54) is 25.7 Å². The first-order valence-corrected chi connectivity index (χ1v) is 11.2. The zero-order chi connectivity index (χ0) is 18.9. The number of thiazole rings is 1. The van der Waals surface area contributed by atoms with Crippen LogP contribution < -0.4 is 10.2 Å². The van der Waals surface area contributed by atoms with Crippen molar-refractivity contribution in [3.63, 3.8) is 0 Å². The number of amides is 1. The van der Waals surface area contributed by atoms with Crippen molar-refractivity contribution in [3.05, 3.63) is 64.7 Å². The fraction of sp³-hybridized carbons (Fsp3) is 0.391. The van der Waals surface area contributed by atoms with E-state index in [0.717, 1.165) is 44.2 Å². The average molecular weight is 393 g/mol. The van der Waals surface area contributed by atoms with Crippen LogP contribution >= 0.6 is 11.3 Å². The molecule has 2 N–H and O–H groups in total. The van der Waals surface area contributed by atoms with Gasteiger partial charge in [0, 0.05) is 12.8 Å². The number of benzene rings is 2. The topological polar surface area (TPSA) is 46.4 Å². The Hall–Kier alpha value is -2.24. The van der Waals surface area contributed by atoms with Crippen LogP contribution in [0.1, 0.15) is 53.9 Å². The smallest absolute Gasteiger partial charge is 0.275 e. The summed E-state index contributed by atoms with van der Waals surface area (Å²) >= 11 is 1.79. The monoisotopic (exact) mass is 392 g/mol. The van der Waals surface area contributed by atoms with Crippen LogP contribution in [-0.2, 0) is 11.2 Å². The van der Waals surface area contributed by atoms with E-state index in [9.17, 15) is 4.79 Å². The molecule has 3 aromatic rings. The van der Waals surface area contributed by atoms with Crippen LogP contribution in [0.3, 0.4) is 0 Å². The lowest BCUT2D eigenvalue weighted by Crippen LogP contribution is -3.11. The van der Waals surface area contributed by atoms with Gasteiger partial charge in [0.1, 0.15) is 6.04 Å². The summed E-state index contributed by atoms with van der Waals surface area (Å²) in [6.45, 7) is 1.59. The number of carbonyl (C=O) groups is 1. The molecule has 1 aliphatic heterocycles. The van der Waals surface area contributed by atoms with Gasteiger partial charge in [0.05, 0.1) is 22.8 Å². The van der Waals surface area contributed by atoms with Crippen molar-refractivity contribution in [2.45, 2.75) is 44.2 Å². The molecule has 0 bridgehead atoms. The van der Waals surface area contributed by atoms with E-state index in [2.05, 4.69) is 47.8 Å². The second-order valence-corrected chi connectivity index (χ2v) is 9.07. The Kier molecular flexibility index (Phi) is 4.87. The molecule has 2 aliphatic rings. The summed E-state index contributed by atoms with van der Waals surface area (Å²) in [5.74, 6) is 0.171. The molecule has 5 rings (SSSR count). The quantitative estimate of drug-likeness (QED) is 0.716. The minimum absolute atomic E-state index is 0.167. The second kappa shape index (κ2) is 7.64. The molecular formula is C23H26N3OS+. The summed E-state index contributed by atoms with van der Waals surface area (Å²) in [5.41, 5.74) is 3.78. The van der Waals surface area contributed by atoms with Crippen molar-refractivity contribution in [3.8, 4) is 0 Å². The summed E-state index contributed by atoms with van der Waals surface area (Å²) in [5, 5.41) is 4.51. The van der Waals surface area contributed by atoms with E-state index in [1.54, 1.807) is 11.3 Å². The Morgan fingerprint density at radius 2 is 1.96 bits per heavy atom. The van der Waals surface area contributed by atoms with Crippen LogP contribution in [0.5, 0.6) is 0 Å². The number of likely N-dealkylation sites (tertiary alicyclic amines) is 1. The van der Waals surface area contributed by atoms with Crippen LogP contribution in [0.2, 0.25) is 0 Å². The van der Waals surface area contributed by atoms with E-state index in [4.69, 9.17) is 4.98 Å². The van der Waals surface area contributed by atoms with Gasteiger partial charge in [0.15, 0.2) is 11.6 Å². The van der Waals surface area contributed by atoms with E-state index in [0.29, 0.717) is 12.6 Å². The molecule has 1 fully saturated rings. The molecule has 0 radical (unpaired) electrons. The van der Waals surface area contributed by atoms with Gasteiger partial charge in [-0.15, -0.1) is 11.3 Å². The largest absolute Gasteiger partial charge is 0.344 e. The van der Waals surface area contributed by atoms with Gasteiger partial charge in [-0.25, -0.2) is 4.98 Å². The second-order valence-electron chi connectivity index (χ2n) is 8.01. The maximum Gasteiger partial charge on any atom is 0.275 e. The number of aryl methyl sites for hydroxylation is 1. The van der Waals surface area contributed by atoms with E-state index in [1.807, 2.05) is 6.07 Å². The van der Waals surface area contributed by atoms with Gasteiger partial charge in [0.2, 0.25) is 0 Å². The van der Waals surface area contributed by atoms with Crippen molar-refractivity contribution in [2.24, 2.45) is 0 Å². The lowest BCUT2D eigenvalue weighted by atomic mass is 9.88. The molecule has 144 valence electrons. The number of quaternary nitrogens is 1. The number of hydrogen-bond acceptors (Lipinski definition) is 3. The maximum atomic E-state index is 12.9. The zero-order valence-corrected chi connectivity index (χ0v) is 16.8. The maximum absolute atomic E-state index is 12.9. The average Bonchev–Trinajstić information content (AvgIpc) is 3.34. The van der Waals surface area contributed by atoms with E-state index in [-0.39, 0.29) is 11.9 Å². The summed E-state index contributed by atoms with van der Waals surface area (Å²) in [7, 11) is 0. The van der Waals surface area contributed by atoms with Crippen molar-refractivity contribution in [1.82, 2.24) is 10.3 Å². The normalized spacial score (nSPS) is 24.2. The van der Waals surface area contributed by atoms with Crippen LogP contribution in [0.15, 0.2) is 48.5 Å². The predicted molar refractivity (Wildman–Crippen MR) is 113 cm³/mol. The van der Waals surface area contributed by atoms with Gasteiger partial charge in [0.25, 0.3) is 5.91 Å². The van der Waals surface area contributed by atoms with E-state index >= 15 is 0 Å². The van der Waals surface area contributed by atoms with Crippen LogP contribution in [0, 0.1) is 0 Å². The minimum atomic E-state index is 0.167. The molecule has 1 unspecified atom stereocenters. The molecule has 28 heavy (non-hydrogen) atoms. The molecule has 0 spiro atoms. The third kappa shape index (κ3) is 3.45. The van der Waals surface area contributed by atoms with Crippen molar-refractivity contribution in [2.75, 3.05) is 13.1 Å². The number of rotatable bonds is 4. The molecule has 1 saturated heterocycles. The highest BCUT2D eigenvalue weighted by Gasteiger charge is 2.34. The number of nitrogens with zero attached hydrogens (tertiary/aromatic N) is 1. The summed E-state index contributed by atoms with van der Waals surface area (Å²) in [4.78, 5) is 19.1. The Morgan fingerprint density at radius 1 is 1.11 bits per heavy atom. The van der Waals surface area contributed by atoms with Gasteiger partial charge < -0.3 is 10.2 Å². The van der Waals surface area contributed by atoms with E-state index < -0.39 is 0 Å². The molecule has 3 atom stereocenters. The van der Waals surface area contributed by atoms with Crippen LogP contribution in [-0.4, -0.2) is 24.0 Å². The number of aromatic nitrogens is 1. The number of para-hydroxylation sites is 1. The minimum Gasteiger partial charge on any atom is -0.344 e. The number of nitrogens with one attached hydrogen (secondary N) is 2. The molecule has 1 amide bonds. The van der Waals surface area contributed by atoms with Crippen molar-refractivity contribution in [1.29, 1.82) is 0 Å². The third-order valence-corrected chi connectivity index (χ3v) is 7.33. The summed E-state index contributed by atoms with van der Waals surface area (Å²) in [6, 6.07) is 17.4. The molecule has 4 nitrogen and oxygen atoms in total. The lowest BCUT2D eigenvalue weighted by Gasteiger charge is -2.27. The van der Waals surface area contributed by atoms with Gasteiger partial charge in [-0.1, -0.05) is 36.4 Å². The Labute approximate surface area is 169 Å². The number of fused-ring (bicyclic) bond motifs is 2. The lowest BCUT2D eigenvalue weighted by molar-refractivity contribution is -0.910. The number of carbonyl (C=O) groups excluding carboxylic acids is 1. The molecular weight excluding hydrogens is 366 g/mol. The first kappa shape index (κ1) is 17.8. The standard InChI is InChI=1S/C23H25N3OS/c27-22(24-18-11-5-8-16-7-1-2-9-17(16)18)15-26-14-6-12-20(26)23-25-19-10-3-4-13-21(19)28-23/h1-4,7,9-10,13,18,20H,5-6,8,11-12,14-15H2,(H,24,27)/p+1/t18-,20-/m1/s1. The first-order valence-electron chi connectivity index (χ1n) is 10.3. The Bertz CT molecular complexity index is 965. The van der Waals surface area contributed by atoms with Crippen molar-refractivity contribution >= 4 is 27.5 Å². The van der Waals surface area contributed by atoms with Gasteiger partial charge in [-0.2, -0.15) is 0 Å². The SMILES string of the molecule is O=C(C[NH+]1CCC[C@@H]1c1nc2ccccc2s1)N[C@@H]1CCCc2ccccc21. The van der Waals surface area contributed by atoms with Gasteiger partial charge in [-0.05, 0) is 42.5 Å². The molecule has 2 aromatic carbocycles. The van der Waals surface area contributed by atoms with Crippen LogP contribution in [0.4, 0.5) is 0 Å². The van der Waals surface area contributed by atoms with Crippen LogP contribution in [0.25, 0.3) is 10.2 Å². The summed E-state index contributed by atoms with van der Waals surface area (Å²) < 4.78 is 1.24. The zero-order valence-electron chi connectivity index (χ0n) is 16.0.